The molecule has 0 aromatic heterocycles. The molecule has 1 aliphatic heterocycles. The van der Waals surface area contributed by atoms with Crippen molar-refractivity contribution in [2.45, 2.75) is 71.8 Å². The fourth-order valence-corrected chi connectivity index (χ4v) is 3.64. The molecule has 6 nitrogen and oxygen atoms in total. The minimum Gasteiger partial charge on any atom is -0.354 e. The number of nitrogens with zero attached hydrogens (tertiary/aromatic N) is 1. The summed E-state index contributed by atoms with van der Waals surface area (Å²) in [5.41, 5.74) is 0.729. The fraction of sp³-hybridized carbons (Fsp3) is 0.609. The van der Waals surface area contributed by atoms with Gasteiger partial charge in [0.05, 0.1) is 0 Å². The van der Waals surface area contributed by atoms with Crippen LogP contribution in [0.15, 0.2) is 24.3 Å². The van der Waals surface area contributed by atoms with E-state index in [-0.39, 0.29) is 12.5 Å². The first-order chi connectivity index (χ1) is 13.7. The highest BCUT2D eigenvalue weighted by Crippen LogP contribution is 2.29. The molecule has 1 aromatic carbocycles. The van der Waals surface area contributed by atoms with Crippen LogP contribution in [0.2, 0.25) is 0 Å². The average molecular weight is 402 g/mol. The molecule has 4 amide bonds. The Hall–Kier alpha value is -2.37. The quantitative estimate of drug-likeness (QED) is 0.584. The molecule has 0 unspecified atom stereocenters. The number of nitrogens with one attached hydrogen (secondary N) is 2. The van der Waals surface area contributed by atoms with Gasteiger partial charge in [-0.25, -0.2) is 4.79 Å². The minimum absolute atomic E-state index is 0.255. The van der Waals surface area contributed by atoms with E-state index in [9.17, 15) is 14.4 Å². The van der Waals surface area contributed by atoms with Crippen molar-refractivity contribution < 1.29 is 14.4 Å². The fourth-order valence-electron chi connectivity index (χ4n) is 3.64. The maximum Gasteiger partial charge on any atom is 0.325 e. The molecule has 6 heteroatoms. The number of hydrogen-bond acceptors (Lipinski definition) is 3. The highest BCUT2D eigenvalue weighted by Gasteiger charge is 2.49. The van der Waals surface area contributed by atoms with Crippen LogP contribution in [0.3, 0.4) is 0 Å². The van der Waals surface area contributed by atoms with Crippen LogP contribution in [0, 0.1) is 5.92 Å². The van der Waals surface area contributed by atoms with Gasteiger partial charge in [0.1, 0.15) is 12.1 Å². The van der Waals surface area contributed by atoms with Crippen LogP contribution in [-0.4, -0.2) is 35.8 Å². The number of rotatable bonds is 10. The number of imide groups is 1. The zero-order chi connectivity index (χ0) is 21.6. The van der Waals surface area contributed by atoms with Gasteiger partial charge in [0.25, 0.3) is 5.91 Å². The predicted molar refractivity (Wildman–Crippen MR) is 114 cm³/mol. The van der Waals surface area contributed by atoms with E-state index < -0.39 is 17.5 Å². The van der Waals surface area contributed by atoms with Gasteiger partial charge in [-0.05, 0) is 36.3 Å². The van der Waals surface area contributed by atoms with E-state index in [4.69, 9.17) is 0 Å². The molecular formula is C23H35N3O3. The van der Waals surface area contributed by atoms with Crippen molar-refractivity contribution in [3.8, 4) is 0 Å². The second kappa shape index (κ2) is 9.90. The van der Waals surface area contributed by atoms with Crippen molar-refractivity contribution >= 4 is 17.8 Å². The second-order valence-corrected chi connectivity index (χ2v) is 8.44. The summed E-state index contributed by atoms with van der Waals surface area (Å²) in [7, 11) is 0. The van der Waals surface area contributed by atoms with Crippen molar-refractivity contribution in [1.82, 2.24) is 15.5 Å². The molecule has 1 heterocycles. The molecule has 1 saturated heterocycles. The predicted octanol–water partition coefficient (Wildman–Crippen LogP) is 3.91. The van der Waals surface area contributed by atoms with Crippen LogP contribution in [0.25, 0.3) is 0 Å². The molecule has 1 aromatic rings. The molecule has 160 valence electrons. The third kappa shape index (κ3) is 5.37. The van der Waals surface area contributed by atoms with Crippen molar-refractivity contribution in [2.24, 2.45) is 5.92 Å². The number of urea groups is 1. The van der Waals surface area contributed by atoms with Gasteiger partial charge < -0.3 is 10.6 Å². The Balaban J connectivity index is 2.01. The standard InChI is InChI=1S/C23H35N3O3/c1-6-8-9-17(7-2)14-24-20(27)15-26-21(28)23(5,25-22(26)29)19-12-10-18(11-13-19)16(3)4/h10-13,16-17H,6-9,14-15H2,1-5H3,(H,24,27)(H,25,29)/t17-,23+/m1/s1. The Kier molecular flexibility index (Phi) is 7.82. The normalized spacial score (nSPS) is 20.1. The molecule has 0 spiro atoms. The van der Waals surface area contributed by atoms with Gasteiger partial charge in [0, 0.05) is 6.54 Å². The van der Waals surface area contributed by atoms with E-state index in [2.05, 4.69) is 38.3 Å². The van der Waals surface area contributed by atoms with Crippen LogP contribution >= 0.6 is 0 Å². The van der Waals surface area contributed by atoms with Gasteiger partial charge in [-0.15, -0.1) is 0 Å². The van der Waals surface area contributed by atoms with Gasteiger partial charge in [-0.3, -0.25) is 14.5 Å². The van der Waals surface area contributed by atoms with Crippen LogP contribution in [0.4, 0.5) is 4.79 Å². The Morgan fingerprint density at radius 3 is 2.38 bits per heavy atom. The average Bonchev–Trinajstić information content (AvgIpc) is 2.92. The van der Waals surface area contributed by atoms with Crippen LogP contribution in [-0.2, 0) is 15.1 Å². The SMILES string of the molecule is CCCC[C@@H](CC)CNC(=O)CN1C(=O)N[C@@](C)(c2ccc(C(C)C)cc2)C1=O. The molecule has 0 aliphatic carbocycles. The zero-order valence-corrected chi connectivity index (χ0v) is 18.4. The Bertz CT molecular complexity index is 729. The molecule has 2 N–H and O–H groups in total. The van der Waals surface area contributed by atoms with Gasteiger partial charge in [-0.1, -0.05) is 71.2 Å². The lowest BCUT2D eigenvalue weighted by Crippen LogP contribution is -2.44. The van der Waals surface area contributed by atoms with Gasteiger partial charge >= 0.3 is 6.03 Å². The maximum atomic E-state index is 13.0. The molecule has 0 bridgehead atoms. The number of hydrogen-bond donors (Lipinski definition) is 2. The van der Waals surface area contributed by atoms with E-state index >= 15 is 0 Å². The van der Waals surface area contributed by atoms with Gasteiger partial charge in [0.2, 0.25) is 5.91 Å². The van der Waals surface area contributed by atoms with E-state index in [1.54, 1.807) is 6.92 Å². The summed E-state index contributed by atoms with van der Waals surface area (Å²) >= 11 is 0. The largest absolute Gasteiger partial charge is 0.354 e. The van der Waals surface area contributed by atoms with Crippen molar-refractivity contribution in [3.05, 3.63) is 35.4 Å². The molecule has 2 rings (SSSR count). The maximum absolute atomic E-state index is 13.0. The summed E-state index contributed by atoms with van der Waals surface area (Å²) in [5, 5.41) is 5.65. The summed E-state index contributed by atoms with van der Waals surface area (Å²) in [6.45, 7) is 10.5. The first kappa shape index (κ1) is 22.9. The topological polar surface area (TPSA) is 78.5 Å². The lowest BCUT2D eigenvalue weighted by molar-refractivity contribution is -0.134. The summed E-state index contributed by atoms with van der Waals surface area (Å²) in [4.78, 5) is 38.8. The second-order valence-electron chi connectivity index (χ2n) is 8.44. The van der Waals surface area contributed by atoms with E-state index in [1.165, 1.54) is 5.56 Å². The first-order valence-electron chi connectivity index (χ1n) is 10.7. The van der Waals surface area contributed by atoms with Crippen LogP contribution < -0.4 is 10.6 Å². The van der Waals surface area contributed by atoms with E-state index in [1.807, 2.05) is 24.3 Å². The number of carbonyl (C=O) groups excluding carboxylic acids is 3. The number of benzene rings is 1. The monoisotopic (exact) mass is 401 g/mol. The summed E-state index contributed by atoms with van der Waals surface area (Å²) in [5.74, 6) is 0.109. The number of carbonyl (C=O) groups is 3. The van der Waals surface area contributed by atoms with Crippen LogP contribution in [0.1, 0.15) is 77.3 Å². The van der Waals surface area contributed by atoms with E-state index in [0.717, 1.165) is 30.6 Å². The molecule has 1 fully saturated rings. The van der Waals surface area contributed by atoms with Crippen molar-refractivity contribution in [3.63, 3.8) is 0 Å². The molecule has 2 atom stereocenters. The Labute approximate surface area is 174 Å². The molecular weight excluding hydrogens is 366 g/mol. The molecule has 29 heavy (non-hydrogen) atoms. The third-order valence-corrected chi connectivity index (χ3v) is 5.86. The smallest absolute Gasteiger partial charge is 0.325 e. The minimum atomic E-state index is -1.15. The Morgan fingerprint density at radius 1 is 1.17 bits per heavy atom. The third-order valence-electron chi connectivity index (χ3n) is 5.86. The lowest BCUT2D eigenvalue weighted by atomic mass is 9.90. The summed E-state index contributed by atoms with van der Waals surface area (Å²) < 4.78 is 0. The number of unbranched alkanes of at least 4 members (excludes halogenated alkanes) is 1. The first-order valence-corrected chi connectivity index (χ1v) is 10.7. The molecule has 0 saturated carbocycles. The lowest BCUT2D eigenvalue weighted by Gasteiger charge is -2.23. The highest BCUT2D eigenvalue weighted by atomic mass is 16.2. The Morgan fingerprint density at radius 2 is 1.83 bits per heavy atom. The summed E-state index contributed by atoms with van der Waals surface area (Å²) in [6, 6.07) is 7.16. The van der Waals surface area contributed by atoms with Gasteiger partial charge in [-0.2, -0.15) is 0 Å². The van der Waals surface area contributed by atoms with E-state index in [0.29, 0.717) is 23.9 Å². The molecule has 0 radical (unpaired) electrons. The van der Waals surface area contributed by atoms with Gasteiger partial charge in [0.15, 0.2) is 0 Å². The zero-order valence-electron chi connectivity index (χ0n) is 18.4. The van der Waals surface area contributed by atoms with Crippen molar-refractivity contribution in [2.75, 3.05) is 13.1 Å². The van der Waals surface area contributed by atoms with Crippen LogP contribution in [0.5, 0.6) is 0 Å². The highest BCUT2D eigenvalue weighted by molar-refractivity contribution is 6.09. The summed E-state index contributed by atoms with van der Waals surface area (Å²) in [6.07, 6.45) is 4.33. The molecule has 1 aliphatic rings. The number of amides is 4. The van der Waals surface area contributed by atoms with Crippen molar-refractivity contribution in [1.29, 1.82) is 0 Å².